The number of halogens is 3. The molecule has 0 saturated heterocycles. The van der Waals surface area contributed by atoms with Crippen LogP contribution in [0, 0.1) is 0 Å². The quantitative estimate of drug-likeness (QED) is 0.304. The molecule has 0 fully saturated rings. The molecule has 0 saturated carbocycles. The number of aromatic nitrogens is 4. The van der Waals surface area contributed by atoms with Gasteiger partial charge in [-0.3, -0.25) is 13.9 Å². The number of amides is 2. The van der Waals surface area contributed by atoms with Crippen LogP contribution in [-0.4, -0.2) is 44.4 Å². The summed E-state index contributed by atoms with van der Waals surface area (Å²) in [7, 11) is 0. The van der Waals surface area contributed by atoms with Gasteiger partial charge in [0.25, 0.3) is 0 Å². The van der Waals surface area contributed by atoms with Crippen molar-refractivity contribution in [1.82, 2.24) is 24.5 Å². The molecule has 1 N–H and O–H groups in total. The van der Waals surface area contributed by atoms with E-state index < -0.39 is 18.8 Å². The molecule has 0 spiro atoms. The molecule has 0 atom stereocenters. The molecule has 12 heteroatoms. The van der Waals surface area contributed by atoms with Crippen LogP contribution in [0.1, 0.15) is 19.9 Å². The number of nitrogens with zero attached hydrogens (tertiary/aromatic N) is 5. The van der Waals surface area contributed by atoms with Crippen molar-refractivity contribution in [3.8, 4) is 22.4 Å². The highest BCUT2D eigenvalue weighted by Crippen LogP contribution is 2.28. The third-order valence-corrected chi connectivity index (χ3v) is 5.13. The number of urea groups is 1. The minimum absolute atomic E-state index is 0.0446. The van der Waals surface area contributed by atoms with Gasteiger partial charge in [0, 0.05) is 29.6 Å². The lowest BCUT2D eigenvalue weighted by atomic mass is 10.1. The number of benzene rings is 1. The molecular formula is C23H21F3N6O3. The van der Waals surface area contributed by atoms with Gasteiger partial charge < -0.3 is 10.2 Å². The van der Waals surface area contributed by atoms with Crippen molar-refractivity contribution in [3.63, 3.8) is 0 Å². The van der Waals surface area contributed by atoms with Crippen molar-refractivity contribution in [3.05, 3.63) is 61.2 Å². The van der Waals surface area contributed by atoms with Gasteiger partial charge in [-0.2, -0.15) is 18.3 Å². The fourth-order valence-electron chi connectivity index (χ4n) is 3.45. The molecule has 9 nitrogen and oxygen atoms in total. The molecule has 0 radical (unpaired) electrons. The molecule has 3 heterocycles. The molecule has 1 aromatic carbocycles. The SMILES string of the molecule is CC(C)n1cc(-c2ccn3c(-c4cccc(N(OC=O)C(=O)NCC(F)(F)F)c4)cnc3c2)cn1. The number of hydrogen-bond donors (Lipinski definition) is 1. The lowest BCUT2D eigenvalue weighted by Gasteiger charge is -2.20. The maximum Gasteiger partial charge on any atom is 0.405 e. The van der Waals surface area contributed by atoms with Crippen molar-refractivity contribution in [2.24, 2.45) is 0 Å². The monoisotopic (exact) mass is 486 g/mol. The first-order chi connectivity index (χ1) is 16.7. The number of hydroxylamine groups is 1. The van der Waals surface area contributed by atoms with Gasteiger partial charge >= 0.3 is 18.7 Å². The molecule has 35 heavy (non-hydrogen) atoms. The Balaban J connectivity index is 1.63. The van der Waals surface area contributed by atoms with Crippen LogP contribution in [0.4, 0.5) is 23.7 Å². The zero-order valence-corrected chi connectivity index (χ0v) is 18.7. The Morgan fingerprint density at radius 2 is 1.97 bits per heavy atom. The Kier molecular flexibility index (Phi) is 6.45. The highest BCUT2D eigenvalue weighted by atomic mass is 19.4. The number of imidazole rings is 1. The summed E-state index contributed by atoms with van der Waals surface area (Å²) in [6, 6.07) is 9.05. The number of pyridine rings is 1. The van der Waals surface area contributed by atoms with Crippen LogP contribution >= 0.6 is 0 Å². The molecule has 4 aromatic rings. The average Bonchev–Trinajstić information content (AvgIpc) is 3.48. The number of fused-ring (bicyclic) bond motifs is 1. The Bertz CT molecular complexity index is 1360. The van der Waals surface area contributed by atoms with E-state index >= 15 is 0 Å². The van der Waals surface area contributed by atoms with E-state index in [2.05, 4.69) is 14.9 Å². The number of carbonyl (C=O) groups excluding carboxylic acids is 2. The molecule has 182 valence electrons. The smallest absolute Gasteiger partial charge is 0.335 e. The van der Waals surface area contributed by atoms with Crippen molar-refractivity contribution in [2.75, 3.05) is 11.6 Å². The summed E-state index contributed by atoms with van der Waals surface area (Å²) < 4.78 is 41.1. The predicted molar refractivity (Wildman–Crippen MR) is 121 cm³/mol. The Morgan fingerprint density at radius 3 is 2.66 bits per heavy atom. The minimum Gasteiger partial charge on any atom is -0.335 e. The van der Waals surface area contributed by atoms with Crippen LogP contribution in [0.25, 0.3) is 28.0 Å². The van der Waals surface area contributed by atoms with Crippen molar-refractivity contribution in [1.29, 1.82) is 0 Å². The van der Waals surface area contributed by atoms with Crippen LogP contribution in [0.3, 0.4) is 0 Å². The van der Waals surface area contributed by atoms with Crippen LogP contribution in [0.5, 0.6) is 0 Å². The van der Waals surface area contributed by atoms with Gasteiger partial charge in [-0.25, -0.2) is 9.78 Å². The zero-order chi connectivity index (χ0) is 25.2. The Labute approximate surface area is 197 Å². The molecular weight excluding hydrogens is 465 g/mol. The first-order valence-corrected chi connectivity index (χ1v) is 10.5. The Morgan fingerprint density at radius 1 is 1.17 bits per heavy atom. The topological polar surface area (TPSA) is 93.8 Å². The highest BCUT2D eigenvalue weighted by molar-refractivity contribution is 5.91. The van der Waals surface area contributed by atoms with Gasteiger partial charge in [0.15, 0.2) is 0 Å². The van der Waals surface area contributed by atoms with Crippen molar-refractivity contribution >= 4 is 23.8 Å². The van der Waals surface area contributed by atoms with Crippen molar-refractivity contribution < 1.29 is 27.6 Å². The minimum atomic E-state index is -4.62. The van der Waals surface area contributed by atoms with Crippen LogP contribution < -0.4 is 10.4 Å². The summed E-state index contributed by atoms with van der Waals surface area (Å²) in [5.74, 6) is 0. The van der Waals surface area contributed by atoms with E-state index in [1.165, 1.54) is 12.1 Å². The first-order valence-electron chi connectivity index (χ1n) is 10.5. The highest BCUT2D eigenvalue weighted by Gasteiger charge is 2.30. The fourth-order valence-corrected chi connectivity index (χ4v) is 3.45. The van der Waals surface area contributed by atoms with E-state index in [9.17, 15) is 22.8 Å². The van der Waals surface area contributed by atoms with Crippen LogP contribution in [-0.2, 0) is 9.63 Å². The standard InChI is InChI=1S/C23H21F3N6O3/c1-15(2)31-12-18(10-29-31)16-6-7-30-20(11-27-21(30)9-16)17-4-3-5-19(8-17)32(35-14-33)22(34)28-13-23(24,25)26/h3-12,14-15H,13H2,1-2H3,(H,28,34). The van der Waals surface area contributed by atoms with Gasteiger partial charge in [-0.15, -0.1) is 5.06 Å². The maximum absolute atomic E-state index is 12.5. The summed E-state index contributed by atoms with van der Waals surface area (Å²) >= 11 is 0. The van der Waals surface area contributed by atoms with Crippen LogP contribution in [0.15, 0.2) is 61.2 Å². The van der Waals surface area contributed by atoms with Gasteiger partial charge in [-0.05, 0) is 43.7 Å². The van der Waals surface area contributed by atoms with E-state index in [1.54, 1.807) is 29.8 Å². The lowest BCUT2D eigenvalue weighted by molar-refractivity contribution is -0.129. The average molecular weight is 486 g/mol. The largest absolute Gasteiger partial charge is 0.405 e. The summed E-state index contributed by atoms with van der Waals surface area (Å²) in [4.78, 5) is 32.2. The van der Waals surface area contributed by atoms with Gasteiger partial charge in [0.1, 0.15) is 12.2 Å². The van der Waals surface area contributed by atoms with Gasteiger partial charge in [0.05, 0.1) is 23.8 Å². The number of carbonyl (C=O) groups is 2. The molecule has 0 unspecified atom stereocenters. The second kappa shape index (κ2) is 9.49. The number of anilines is 1. The van der Waals surface area contributed by atoms with E-state index in [0.717, 1.165) is 11.1 Å². The van der Waals surface area contributed by atoms with Gasteiger partial charge in [-0.1, -0.05) is 12.1 Å². The number of hydrogen-bond acceptors (Lipinski definition) is 5. The Hall–Kier alpha value is -4.35. The van der Waals surface area contributed by atoms with Crippen molar-refractivity contribution in [2.45, 2.75) is 26.1 Å². The first kappa shape index (κ1) is 23.8. The third kappa shape index (κ3) is 5.26. The maximum atomic E-state index is 12.5. The van der Waals surface area contributed by atoms with E-state index in [4.69, 9.17) is 0 Å². The second-order valence-corrected chi connectivity index (χ2v) is 7.91. The molecule has 0 aliphatic heterocycles. The fraction of sp³-hybridized carbons (Fsp3) is 0.217. The molecule has 0 bridgehead atoms. The predicted octanol–water partition coefficient (Wildman–Crippen LogP) is 4.61. The summed E-state index contributed by atoms with van der Waals surface area (Å²) in [6.45, 7) is 2.46. The third-order valence-electron chi connectivity index (χ3n) is 5.13. The molecule has 2 amide bonds. The van der Waals surface area contributed by atoms with E-state index in [0.29, 0.717) is 22.0 Å². The molecule has 4 rings (SSSR count). The summed E-state index contributed by atoms with van der Waals surface area (Å²) in [6.07, 6.45) is 2.58. The number of alkyl halides is 3. The molecule has 0 aliphatic carbocycles. The normalized spacial score (nSPS) is 11.6. The molecule has 3 aromatic heterocycles. The number of nitrogens with one attached hydrogen (secondary N) is 1. The summed E-state index contributed by atoms with van der Waals surface area (Å²) in [5, 5.41) is 6.49. The second-order valence-electron chi connectivity index (χ2n) is 7.91. The van der Waals surface area contributed by atoms with Gasteiger partial charge in [0.2, 0.25) is 0 Å². The van der Waals surface area contributed by atoms with E-state index in [-0.39, 0.29) is 18.2 Å². The van der Waals surface area contributed by atoms with E-state index in [1.807, 2.05) is 47.5 Å². The number of rotatable bonds is 7. The summed E-state index contributed by atoms with van der Waals surface area (Å²) in [5.41, 5.74) is 3.85. The lowest BCUT2D eigenvalue weighted by Crippen LogP contribution is -2.43. The zero-order valence-electron chi connectivity index (χ0n) is 18.7. The van der Waals surface area contributed by atoms with Crippen LogP contribution in [0.2, 0.25) is 0 Å². The molecule has 0 aliphatic rings.